The van der Waals surface area contributed by atoms with Crippen LogP contribution in [0.3, 0.4) is 0 Å². The normalized spacial score (nSPS) is 19.9. The van der Waals surface area contributed by atoms with Gasteiger partial charge < -0.3 is 4.74 Å². The van der Waals surface area contributed by atoms with Crippen LogP contribution in [0.15, 0.2) is 48.5 Å². The van der Waals surface area contributed by atoms with E-state index in [1.165, 1.54) is 0 Å². The van der Waals surface area contributed by atoms with E-state index in [4.69, 9.17) is 16.3 Å². The quantitative estimate of drug-likeness (QED) is 0.624. The van der Waals surface area contributed by atoms with Gasteiger partial charge in [-0.15, -0.1) is 0 Å². The van der Waals surface area contributed by atoms with E-state index in [2.05, 4.69) is 15.6 Å². The first-order chi connectivity index (χ1) is 13.0. The molecule has 0 radical (unpaired) electrons. The Morgan fingerprint density at radius 2 is 1.85 bits per heavy atom. The van der Waals surface area contributed by atoms with Gasteiger partial charge in [0.25, 0.3) is 0 Å². The van der Waals surface area contributed by atoms with Crippen LogP contribution in [0.5, 0.6) is 5.75 Å². The third-order valence-corrected chi connectivity index (χ3v) is 6.05. The van der Waals surface area contributed by atoms with Crippen LogP contribution in [0.1, 0.15) is 24.1 Å². The van der Waals surface area contributed by atoms with Gasteiger partial charge in [0.1, 0.15) is 5.75 Å². The summed E-state index contributed by atoms with van der Waals surface area (Å²) in [6, 6.07) is 14.7. The van der Waals surface area contributed by atoms with Crippen molar-refractivity contribution in [3.05, 3.63) is 64.7 Å². The van der Waals surface area contributed by atoms with Crippen LogP contribution in [-0.2, 0) is 15.8 Å². The fourth-order valence-corrected chi connectivity index (χ4v) is 4.43. The maximum absolute atomic E-state index is 12.4. The average molecular weight is 410 g/mol. The topological polar surface area (TPSA) is 79.5 Å². The Bertz CT molecular complexity index is 842. The molecule has 1 aliphatic rings. The summed E-state index contributed by atoms with van der Waals surface area (Å²) in [5.74, 6) is 0.862. The van der Waals surface area contributed by atoms with Crippen LogP contribution in [0.2, 0.25) is 5.02 Å². The van der Waals surface area contributed by atoms with Crippen molar-refractivity contribution in [3.63, 3.8) is 0 Å². The van der Waals surface area contributed by atoms with Gasteiger partial charge in [0.15, 0.2) is 0 Å². The molecule has 0 aliphatic carbocycles. The molecule has 2 atom stereocenters. The van der Waals surface area contributed by atoms with Gasteiger partial charge in [0.2, 0.25) is 10.0 Å². The van der Waals surface area contributed by atoms with Crippen LogP contribution in [0.4, 0.5) is 0 Å². The van der Waals surface area contributed by atoms with Gasteiger partial charge in [-0.3, -0.25) is 5.43 Å². The van der Waals surface area contributed by atoms with Gasteiger partial charge >= 0.3 is 0 Å². The molecule has 2 aromatic carbocycles. The number of rotatable bonds is 8. The van der Waals surface area contributed by atoms with E-state index >= 15 is 0 Å². The Hall–Kier alpha value is -1.64. The summed E-state index contributed by atoms with van der Waals surface area (Å²) in [4.78, 5) is 0. The third kappa shape index (κ3) is 5.67. The predicted octanol–water partition coefficient (Wildman–Crippen LogP) is 2.62. The second-order valence-electron chi connectivity index (χ2n) is 6.50. The number of benzene rings is 2. The van der Waals surface area contributed by atoms with Gasteiger partial charge in [0, 0.05) is 24.0 Å². The van der Waals surface area contributed by atoms with E-state index < -0.39 is 10.0 Å². The van der Waals surface area contributed by atoms with E-state index in [0.717, 1.165) is 11.3 Å². The largest absolute Gasteiger partial charge is 0.494 e. The molecule has 2 aromatic rings. The van der Waals surface area contributed by atoms with E-state index in [0.29, 0.717) is 30.3 Å². The summed E-state index contributed by atoms with van der Waals surface area (Å²) in [5.41, 5.74) is 8.14. The molecule has 8 heteroatoms. The second-order valence-corrected chi connectivity index (χ2v) is 8.74. The van der Waals surface area contributed by atoms with Crippen LogP contribution < -0.4 is 20.3 Å². The van der Waals surface area contributed by atoms with E-state index in [1.54, 1.807) is 24.3 Å². The molecular weight excluding hydrogens is 386 g/mol. The highest BCUT2D eigenvalue weighted by Gasteiger charge is 2.29. The highest BCUT2D eigenvalue weighted by atomic mass is 35.5. The van der Waals surface area contributed by atoms with Gasteiger partial charge in [-0.05, 0) is 42.3 Å². The zero-order valence-electron chi connectivity index (χ0n) is 15.1. The van der Waals surface area contributed by atoms with Gasteiger partial charge in [-0.1, -0.05) is 35.9 Å². The summed E-state index contributed by atoms with van der Waals surface area (Å²) in [6.45, 7) is 3.61. The van der Waals surface area contributed by atoms with Gasteiger partial charge in [-0.25, -0.2) is 18.6 Å². The molecule has 1 fully saturated rings. The average Bonchev–Trinajstić information content (AvgIpc) is 3.12. The maximum Gasteiger partial charge on any atom is 0.215 e. The molecule has 0 bridgehead atoms. The Morgan fingerprint density at radius 3 is 2.52 bits per heavy atom. The number of halogens is 1. The van der Waals surface area contributed by atoms with Crippen LogP contribution >= 0.6 is 11.6 Å². The van der Waals surface area contributed by atoms with E-state index in [9.17, 15) is 8.42 Å². The smallest absolute Gasteiger partial charge is 0.215 e. The first-order valence-electron chi connectivity index (χ1n) is 8.90. The van der Waals surface area contributed by atoms with Crippen molar-refractivity contribution in [3.8, 4) is 5.75 Å². The molecule has 3 N–H and O–H groups in total. The number of hydrogen-bond acceptors (Lipinski definition) is 5. The molecule has 0 spiro atoms. The molecule has 1 heterocycles. The SMILES string of the molecule is CCOc1ccc(C2NNCC2CNS(=O)(=O)Cc2ccc(Cl)cc2)cc1. The molecule has 1 aliphatic heterocycles. The zero-order valence-corrected chi connectivity index (χ0v) is 16.7. The predicted molar refractivity (Wildman–Crippen MR) is 107 cm³/mol. The molecule has 27 heavy (non-hydrogen) atoms. The second kappa shape index (κ2) is 9.03. The molecule has 2 unspecified atom stereocenters. The fourth-order valence-electron chi connectivity index (χ4n) is 3.10. The monoisotopic (exact) mass is 409 g/mol. The maximum atomic E-state index is 12.4. The Morgan fingerprint density at radius 1 is 1.15 bits per heavy atom. The lowest BCUT2D eigenvalue weighted by Gasteiger charge is -2.19. The van der Waals surface area contributed by atoms with Crippen molar-refractivity contribution in [2.45, 2.75) is 18.7 Å². The summed E-state index contributed by atoms with van der Waals surface area (Å²) in [7, 11) is -3.42. The first-order valence-corrected chi connectivity index (χ1v) is 10.9. The van der Waals surface area contributed by atoms with Crippen molar-refractivity contribution in [2.24, 2.45) is 5.92 Å². The summed E-state index contributed by atoms with van der Waals surface area (Å²) >= 11 is 5.84. The lowest BCUT2D eigenvalue weighted by Crippen LogP contribution is -2.33. The highest BCUT2D eigenvalue weighted by Crippen LogP contribution is 2.26. The first kappa shape index (κ1) is 20.1. The third-order valence-electron chi connectivity index (χ3n) is 4.48. The Balaban J connectivity index is 1.59. The van der Waals surface area contributed by atoms with Crippen molar-refractivity contribution in [1.29, 1.82) is 0 Å². The van der Waals surface area contributed by atoms with E-state index in [-0.39, 0.29) is 17.7 Å². The minimum absolute atomic E-state index is 0.0268. The zero-order chi connectivity index (χ0) is 19.3. The molecule has 146 valence electrons. The van der Waals surface area contributed by atoms with Crippen molar-refractivity contribution in [2.75, 3.05) is 19.7 Å². The molecule has 0 aromatic heterocycles. The highest BCUT2D eigenvalue weighted by molar-refractivity contribution is 7.88. The Labute approximate surface area is 165 Å². The lowest BCUT2D eigenvalue weighted by molar-refractivity contribution is 0.340. The number of hydrazine groups is 1. The number of ether oxygens (including phenoxy) is 1. The number of sulfonamides is 1. The summed E-state index contributed by atoms with van der Waals surface area (Å²) < 4.78 is 33.0. The van der Waals surface area contributed by atoms with Gasteiger partial charge in [0.05, 0.1) is 18.4 Å². The van der Waals surface area contributed by atoms with Crippen LogP contribution in [0.25, 0.3) is 0 Å². The van der Waals surface area contributed by atoms with Crippen molar-refractivity contribution < 1.29 is 13.2 Å². The molecule has 1 saturated heterocycles. The molecular formula is C19H24ClN3O3S. The van der Waals surface area contributed by atoms with Gasteiger partial charge in [-0.2, -0.15) is 0 Å². The Kier molecular flexibility index (Phi) is 6.73. The molecule has 3 rings (SSSR count). The van der Waals surface area contributed by atoms with E-state index in [1.807, 2.05) is 31.2 Å². The molecule has 0 amide bonds. The molecule has 0 saturated carbocycles. The van der Waals surface area contributed by atoms with Crippen molar-refractivity contribution in [1.82, 2.24) is 15.6 Å². The van der Waals surface area contributed by atoms with Crippen LogP contribution in [-0.4, -0.2) is 28.1 Å². The molecule has 6 nitrogen and oxygen atoms in total. The lowest BCUT2D eigenvalue weighted by atomic mass is 9.95. The summed E-state index contributed by atoms with van der Waals surface area (Å²) in [5, 5.41) is 0.588. The fraction of sp³-hybridized carbons (Fsp3) is 0.368. The summed E-state index contributed by atoms with van der Waals surface area (Å²) in [6.07, 6.45) is 0. The minimum atomic E-state index is -3.42. The standard InChI is InChI=1S/C19H24ClN3O3S/c1-2-26-18-9-5-15(6-10-18)19-16(11-21-23-19)12-22-27(24,25)13-14-3-7-17(20)8-4-14/h3-10,16,19,21-23H,2,11-13H2,1H3. The number of nitrogens with one attached hydrogen (secondary N) is 3. The van der Waals surface area contributed by atoms with Crippen molar-refractivity contribution >= 4 is 21.6 Å². The number of hydrogen-bond donors (Lipinski definition) is 3. The van der Waals surface area contributed by atoms with Crippen LogP contribution in [0, 0.1) is 5.92 Å². The minimum Gasteiger partial charge on any atom is -0.494 e.